The van der Waals surface area contributed by atoms with Crippen molar-refractivity contribution >= 4 is 5.69 Å². The van der Waals surface area contributed by atoms with Crippen LogP contribution in [-0.4, -0.2) is 18.1 Å². The predicted octanol–water partition coefficient (Wildman–Crippen LogP) is 1.53. The fourth-order valence-corrected chi connectivity index (χ4v) is 1.91. The summed E-state index contributed by atoms with van der Waals surface area (Å²) in [4.78, 5) is 6.61. The zero-order valence-corrected chi connectivity index (χ0v) is 8.45. The van der Waals surface area contributed by atoms with Gasteiger partial charge in [-0.2, -0.15) is 0 Å². The van der Waals surface area contributed by atoms with E-state index in [1.54, 1.807) is 0 Å². The van der Waals surface area contributed by atoms with Crippen molar-refractivity contribution in [3.8, 4) is 0 Å². The molecule has 1 aromatic rings. The number of aromatic nitrogens is 1. The van der Waals surface area contributed by atoms with E-state index in [9.17, 15) is 0 Å². The molecule has 2 N–H and O–H groups in total. The predicted molar refractivity (Wildman–Crippen MR) is 58.2 cm³/mol. The largest absolute Gasteiger partial charge is 0.370 e. The van der Waals surface area contributed by atoms with Crippen LogP contribution < -0.4 is 10.6 Å². The first kappa shape index (κ1) is 9.46. The monoisotopic (exact) mass is 191 g/mol. The fourth-order valence-electron chi connectivity index (χ4n) is 1.91. The van der Waals surface area contributed by atoms with Gasteiger partial charge in [0.25, 0.3) is 0 Å². The molecule has 3 heteroatoms. The van der Waals surface area contributed by atoms with Gasteiger partial charge in [-0.05, 0) is 30.9 Å². The lowest BCUT2D eigenvalue weighted by Gasteiger charge is -2.28. The molecule has 0 amide bonds. The summed E-state index contributed by atoms with van der Waals surface area (Å²) < 4.78 is 0. The third-order valence-electron chi connectivity index (χ3n) is 2.74. The standard InChI is InChI=1S/C11H17N3/c12-7-10-6-11(9-13-8-10)14-4-2-1-3-5-14/h6,8-9H,1-5,7,12H2. The Morgan fingerprint density at radius 2 is 2.00 bits per heavy atom. The molecule has 0 saturated carbocycles. The molecule has 0 spiro atoms. The second-order valence-corrected chi connectivity index (χ2v) is 3.80. The molecule has 76 valence electrons. The number of piperidine rings is 1. The van der Waals surface area contributed by atoms with Gasteiger partial charge in [0.15, 0.2) is 0 Å². The molecule has 2 rings (SSSR count). The van der Waals surface area contributed by atoms with Crippen LogP contribution in [0, 0.1) is 0 Å². The Morgan fingerprint density at radius 3 is 2.71 bits per heavy atom. The van der Waals surface area contributed by atoms with Crippen molar-refractivity contribution < 1.29 is 0 Å². The van der Waals surface area contributed by atoms with E-state index in [0.29, 0.717) is 6.54 Å². The summed E-state index contributed by atoms with van der Waals surface area (Å²) in [6.07, 6.45) is 7.73. The van der Waals surface area contributed by atoms with Crippen LogP contribution in [0.25, 0.3) is 0 Å². The summed E-state index contributed by atoms with van der Waals surface area (Å²) in [6.45, 7) is 2.90. The van der Waals surface area contributed by atoms with Crippen molar-refractivity contribution in [3.05, 3.63) is 24.0 Å². The maximum absolute atomic E-state index is 5.59. The Hall–Kier alpha value is -1.09. The Kier molecular flexibility index (Phi) is 2.99. The molecule has 0 aliphatic carbocycles. The molecule has 3 nitrogen and oxygen atoms in total. The van der Waals surface area contributed by atoms with Crippen molar-refractivity contribution in [3.63, 3.8) is 0 Å². The van der Waals surface area contributed by atoms with E-state index in [0.717, 1.165) is 18.7 Å². The van der Waals surface area contributed by atoms with Crippen LogP contribution in [0.5, 0.6) is 0 Å². The van der Waals surface area contributed by atoms with Crippen molar-refractivity contribution in [2.75, 3.05) is 18.0 Å². The molecule has 1 aliphatic heterocycles. The molecule has 1 fully saturated rings. The Balaban J connectivity index is 2.13. The van der Waals surface area contributed by atoms with Crippen molar-refractivity contribution in [1.82, 2.24) is 4.98 Å². The minimum atomic E-state index is 0.578. The highest BCUT2D eigenvalue weighted by Crippen LogP contribution is 2.19. The summed E-state index contributed by atoms with van der Waals surface area (Å²) in [6, 6.07) is 2.15. The van der Waals surface area contributed by atoms with E-state index < -0.39 is 0 Å². The van der Waals surface area contributed by atoms with Gasteiger partial charge in [0.1, 0.15) is 0 Å². The number of nitrogens with zero attached hydrogens (tertiary/aromatic N) is 2. The number of nitrogens with two attached hydrogens (primary N) is 1. The molecule has 1 aromatic heterocycles. The lowest BCUT2D eigenvalue weighted by molar-refractivity contribution is 0.577. The Morgan fingerprint density at radius 1 is 1.21 bits per heavy atom. The summed E-state index contributed by atoms with van der Waals surface area (Å²) in [5.74, 6) is 0. The van der Waals surface area contributed by atoms with Crippen molar-refractivity contribution in [1.29, 1.82) is 0 Å². The highest BCUT2D eigenvalue weighted by atomic mass is 15.1. The molecule has 14 heavy (non-hydrogen) atoms. The number of anilines is 1. The summed E-state index contributed by atoms with van der Waals surface area (Å²) in [5.41, 5.74) is 7.94. The first-order valence-electron chi connectivity index (χ1n) is 5.29. The van der Waals surface area contributed by atoms with Crippen LogP contribution in [0.3, 0.4) is 0 Å². The highest BCUT2D eigenvalue weighted by molar-refractivity contribution is 5.46. The Bertz CT molecular complexity index is 292. The second-order valence-electron chi connectivity index (χ2n) is 3.80. The lowest BCUT2D eigenvalue weighted by Crippen LogP contribution is -2.29. The summed E-state index contributed by atoms with van der Waals surface area (Å²) in [7, 11) is 0. The van der Waals surface area contributed by atoms with Gasteiger partial charge >= 0.3 is 0 Å². The average molecular weight is 191 g/mol. The van der Waals surface area contributed by atoms with Crippen molar-refractivity contribution in [2.45, 2.75) is 25.8 Å². The lowest BCUT2D eigenvalue weighted by atomic mass is 10.1. The van der Waals surface area contributed by atoms with E-state index >= 15 is 0 Å². The van der Waals surface area contributed by atoms with E-state index in [1.165, 1.54) is 24.9 Å². The maximum Gasteiger partial charge on any atom is 0.0555 e. The van der Waals surface area contributed by atoms with Gasteiger partial charge in [0.05, 0.1) is 11.9 Å². The molecule has 0 radical (unpaired) electrons. The summed E-state index contributed by atoms with van der Waals surface area (Å²) in [5, 5.41) is 0. The quantitative estimate of drug-likeness (QED) is 0.771. The van der Waals surface area contributed by atoms with Crippen LogP contribution in [0.1, 0.15) is 24.8 Å². The molecule has 0 bridgehead atoms. The molecule has 0 atom stereocenters. The van der Waals surface area contributed by atoms with Gasteiger partial charge < -0.3 is 10.6 Å². The van der Waals surface area contributed by atoms with E-state index in [4.69, 9.17) is 5.73 Å². The van der Waals surface area contributed by atoms with Gasteiger partial charge in [-0.25, -0.2) is 0 Å². The number of pyridine rings is 1. The number of hydrogen-bond acceptors (Lipinski definition) is 3. The van der Waals surface area contributed by atoms with Gasteiger partial charge in [0, 0.05) is 25.8 Å². The molecular formula is C11H17N3. The first-order chi connectivity index (χ1) is 6.90. The normalized spacial score (nSPS) is 17.1. The fraction of sp³-hybridized carbons (Fsp3) is 0.545. The van der Waals surface area contributed by atoms with Gasteiger partial charge in [0.2, 0.25) is 0 Å². The van der Waals surface area contributed by atoms with E-state index in [-0.39, 0.29) is 0 Å². The topological polar surface area (TPSA) is 42.1 Å². The highest BCUT2D eigenvalue weighted by Gasteiger charge is 2.10. The van der Waals surface area contributed by atoms with Crippen LogP contribution in [0.2, 0.25) is 0 Å². The molecule has 2 heterocycles. The minimum absolute atomic E-state index is 0.578. The van der Waals surface area contributed by atoms with Gasteiger partial charge in [-0.3, -0.25) is 4.98 Å². The average Bonchev–Trinajstić information content (AvgIpc) is 2.30. The Labute approximate surface area is 84.9 Å². The molecule has 0 aromatic carbocycles. The number of hydrogen-bond donors (Lipinski definition) is 1. The summed E-state index contributed by atoms with van der Waals surface area (Å²) >= 11 is 0. The van der Waals surface area contributed by atoms with Crippen LogP contribution in [0.15, 0.2) is 18.5 Å². The molecule has 0 unspecified atom stereocenters. The number of rotatable bonds is 2. The molecule has 1 saturated heterocycles. The van der Waals surface area contributed by atoms with Crippen LogP contribution in [-0.2, 0) is 6.54 Å². The van der Waals surface area contributed by atoms with Gasteiger partial charge in [-0.1, -0.05) is 0 Å². The smallest absolute Gasteiger partial charge is 0.0555 e. The zero-order valence-electron chi connectivity index (χ0n) is 8.45. The third kappa shape index (κ3) is 2.04. The minimum Gasteiger partial charge on any atom is -0.370 e. The third-order valence-corrected chi connectivity index (χ3v) is 2.74. The van der Waals surface area contributed by atoms with E-state index in [1.807, 2.05) is 12.4 Å². The zero-order chi connectivity index (χ0) is 9.80. The van der Waals surface area contributed by atoms with Crippen LogP contribution >= 0.6 is 0 Å². The van der Waals surface area contributed by atoms with E-state index in [2.05, 4.69) is 16.0 Å². The van der Waals surface area contributed by atoms with Crippen LogP contribution in [0.4, 0.5) is 5.69 Å². The second kappa shape index (κ2) is 4.42. The SMILES string of the molecule is NCc1cncc(N2CCCCC2)c1. The van der Waals surface area contributed by atoms with Crippen molar-refractivity contribution in [2.24, 2.45) is 5.73 Å². The first-order valence-corrected chi connectivity index (χ1v) is 5.29. The van der Waals surface area contributed by atoms with Gasteiger partial charge in [-0.15, -0.1) is 0 Å². The molecule has 1 aliphatic rings. The maximum atomic E-state index is 5.59. The molecular weight excluding hydrogens is 174 g/mol.